The first kappa shape index (κ1) is 17.0. The van der Waals surface area contributed by atoms with Crippen LogP contribution in [0.1, 0.15) is 57.8 Å². The van der Waals surface area contributed by atoms with E-state index in [0.29, 0.717) is 18.4 Å². The monoisotopic (exact) mass is 368 g/mol. The van der Waals surface area contributed by atoms with Crippen LogP contribution in [0.4, 0.5) is 0 Å². The van der Waals surface area contributed by atoms with Gasteiger partial charge in [-0.25, -0.2) is 13.1 Å². The van der Waals surface area contributed by atoms with E-state index in [1.54, 1.807) is 0 Å². The highest BCUT2D eigenvalue weighted by Gasteiger charge is 2.62. The van der Waals surface area contributed by atoms with Crippen LogP contribution < -0.4 is 4.72 Å². The first-order valence-corrected chi connectivity index (χ1v) is 12.0. The molecule has 0 radical (unpaired) electrons. The molecule has 2 saturated carbocycles. The van der Waals surface area contributed by atoms with Gasteiger partial charge in [-0.3, -0.25) is 4.90 Å². The average Bonchev–Trinajstić information content (AvgIpc) is 3.22. The second kappa shape index (κ2) is 6.18. The molecule has 5 nitrogen and oxygen atoms in total. The highest BCUT2D eigenvalue weighted by atomic mass is 32.2. The molecule has 0 aromatic rings. The van der Waals surface area contributed by atoms with E-state index in [2.05, 4.69) is 9.62 Å². The van der Waals surface area contributed by atoms with Gasteiger partial charge in [0.1, 0.15) is 0 Å². The van der Waals surface area contributed by atoms with Gasteiger partial charge in [-0.2, -0.15) is 0 Å². The molecule has 5 fully saturated rings. The smallest absolute Gasteiger partial charge is 0.214 e. The molecular weight excluding hydrogens is 336 g/mol. The Morgan fingerprint density at radius 1 is 1.08 bits per heavy atom. The molecule has 2 aliphatic carbocycles. The Hall–Kier alpha value is -0.170. The van der Waals surface area contributed by atoms with Gasteiger partial charge in [-0.05, 0) is 44.4 Å². The van der Waals surface area contributed by atoms with Gasteiger partial charge in [0.05, 0.1) is 17.0 Å². The fraction of sp³-hybridized carbons (Fsp3) is 1.00. The molecule has 0 unspecified atom stereocenters. The summed E-state index contributed by atoms with van der Waals surface area (Å²) in [7, 11) is -3.08. The van der Waals surface area contributed by atoms with Gasteiger partial charge < -0.3 is 4.74 Å². The zero-order valence-corrected chi connectivity index (χ0v) is 16.0. The van der Waals surface area contributed by atoms with Crippen LogP contribution in [-0.2, 0) is 14.8 Å². The number of likely N-dealkylation sites (tertiary alicyclic amines) is 1. The second-order valence-electron chi connectivity index (χ2n) is 9.32. The topological polar surface area (TPSA) is 58.6 Å². The lowest BCUT2D eigenvalue weighted by Crippen LogP contribution is -2.42. The average molecular weight is 369 g/mol. The number of rotatable bonds is 6. The third-order valence-electron chi connectivity index (χ3n) is 7.58. The number of nitrogens with zero attached hydrogens (tertiary/aromatic N) is 1. The van der Waals surface area contributed by atoms with E-state index in [9.17, 15) is 8.42 Å². The lowest BCUT2D eigenvalue weighted by Gasteiger charge is -2.29. The first-order valence-electron chi connectivity index (χ1n) is 10.4. The minimum absolute atomic E-state index is 0.0367. The Morgan fingerprint density at radius 2 is 1.88 bits per heavy atom. The first-order chi connectivity index (χ1) is 12.1. The highest BCUT2D eigenvalue weighted by Crippen LogP contribution is 2.54. The summed E-state index contributed by atoms with van der Waals surface area (Å²) in [6.45, 7) is 4.01. The Balaban J connectivity index is 1.23. The molecular formula is C19H32N2O3S. The van der Waals surface area contributed by atoms with Crippen LogP contribution in [0.25, 0.3) is 0 Å². The minimum Gasteiger partial charge on any atom is -0.370 e. The molecule has 1 N–H and O–H groups in total. The van der Waals surface area contributed by atoms with Gasteiger partial charge in [0, 0.05) is 38.0 Å². The van der Waals surface area contributed by atoms with E-state index < -0.39 is 10.0 Å². The molecule has 5 aliphatic rings. The fourth-order valence-electron chi connectivity index (χ4n) is 6.14. The molecule has 25 heavy (non-hydrogen) atoms. The van der Waals surface area contributed by atoms with Crippen LogP contribution >= 0.6 is 0 Å². The van der Waals surface area contributed by atoms with Crippen molar-refractivity contribution in [2.24, 2.45) is 17.8 Å². The number of hydrogen-bond acceptors (Lipinski definition) is 4. The van der Waals surface area contributed by atoms with Crippen LogP contribution in [0.5, 0.6) is 0 Å². The number of fused-ring (bicyclic) bond motifs is 1. The molecule has 3 aliphatic heterocycles. The van der Waals surface area contributed by atoms with Crippen LogP contribution in [0.3, 0.4) is 0 Å². The van der Waals surface area contributed by atoms with Crippen molar-refractivity contribution in [1.82, 2.24) is 9.62 Å². The standard InChI is InChI=1S/C19H32N2O3S/c22-25(23,15-6-7-15)20-10-16-17-12-21(11-14-4-2-1-3-5-14)13-19(17)9-8-18(16)24-19/h14-18,20H,1-13H2/t16-,17+,18+,19+/m0/s1. The maximum Gasteiger partial charge on any atom is 0.214 e. The van der Waals surface area contributed by atoms with Crippen molar-refractivity contribution in [1.29, 1.82) is 0 Å². The number of hydrogen-bond donors (Lipinski definition) is 1. The molecule has 2 bridgehead atoms. The van der Waals surface area contributed by atoms with Gasteiger partial charge in [-0.15, -0.1) is 0 Å². The molecule has 6 heteroatoms. The summed E-state index contributed by atoms with van der Waals surface area (Å²) in [5.74, 6) is 1.77. The van der Waals surface area contributed by atoms with Crippen LogP contribution in [0.15, 0.2) is 0 Å². The van der Waals surface area contributed by atoms with Crippen molar-refractivity contribution in [3.05, 3.63) is 0 Å². The summed E-state index contributed by atoms with van der Waals surface area (Å²) in [5, 5.41) is -0.118. The summed E-state index contributed by atoms with van der Waals surface area (Å²) < 4.78 is 33.8. The van der Waals surface area contributed by atoms with E-state index in [-0.39, 0.29) is 17.0 Å². The molecule has 3 saturated heterocycles. The molecule has 1 spiro atoms. The largest absolute Gasteiger partial charge is 0.370 e. The predicted octanol–water partition coefficient (Wildman–Crippen LogP) is 2.13. The van der Waals surface area contributed by atoms with E-state index in [4.69, 9.17) is 4.74 Å². The van der Waals surface area contributed by atoms with E-state index in [1.165, 1.54) is 45.1 Å². The maximum absolute atomic E-state index is 12.2. The summed E-state index contributed by atoms with van der Waals surface area (Å²) in [5.41, 5.74) is 0.0367. The molecule has 0 aromatic carbocycles. The fourth-order valence-corrected chi connectivity index (χ4v) is 7.56. The number of nitrogens with one attached hydrogen (secondary N) is 1. The Morgan fingerprint density at radius 3 is 2.64 bits per heavy atom. The predicted molar refractivity (Wildman–Crippen MR) is 96.8 cm³/mol. The SMILES string of the molecule is O=S(=O)(NC[C@H]1[C@H]2CN(CC3CCCCC3)C[C@]23CC[C@H]1O3)C1CC1. The van der Waals surface area contributed by atoms with Gasteiger partial charge in [0.2, 0.25) is 10.0 Å². The third kappa shape index (κ3) is 3.07. The van der Waals surface area contributed by atoms with E-state index >= 15 is 0 Å². The maximum atomic E-state index is 12.2. The summed E-state index contributed by atoms with van der Waals surface area (Å²) in [6.07, 6.45) is 11.2. The van der Waals surface area contributed by atoms with Crippen molar-refractivity contribution >= 4 is 10.0 Å². The zero-order valence-electron chi connectivity index (χ0n) is 15.2. The van der Waals surface area contributed by atoms with E-state index in [1.807, 2.05) is 0 Å². The molecule has 142 valence electrons. The lowest BCUT2D eigenvalue weighted by atomic mass is 9.74. The Kier molecular flexibility index (Phi) is 4.19. The third-order valence-corrected chi connectivity index (χ3v) is 9.50. The van der Waals surface area contributed by atoms with Crippen molar-refractivity contribution in [2.45, 2.75) is 74.7 Å². The Labute approximate surface area is 151 Å². The normalized spacial score (nSPS) is 42.2. The van der Waals surface area contributed by atoms with Crippen molar-refractivity contribution in [3.8, 4) is 0 Å². The van der Waals surface area contributed by atoms with Crippen molar-refractivity contribution in [3.63, 3.8) is 0 Å². The van der Waals surface area contributed by atoms with E-state index in [0.717, 1.165) is 38.3 Å². The molecule has 3 heterocycles. The van der Waals surface area contributed by atoms with Gasteiger partial charge in [0.15, 0.2) is 0 Å². The minimum atomic E-state index is -3.08. The summed E-state index contributed by atoms with van der Waals surface area (Å²) >= 11 is 0. The van der Waals surface area contributed by atoms with Crippen LogP contribution in [0.2, 0.25) is 0 Å². The lowest BCUT2D eigenvalue weighted by molar-refractivity contribution is 0.00125. The molecule has 4 atom stereocenters. The quantitative estimate of drug-likeness (QED) is 0.780. The van der Waals surface area contributed by atoms with Crippen molar-refractivity contribution < 1.29 is 13.2 Å². The number of sulfonamides is 1. The second-order valence-corrected chi connectivity index (χ2v) is 11.4. The molecule has 5 rings (SSSR count). The zero-order chi connectivity index (χ0) is 17.1. The van der Waals surface area contributed by atoms with Crippen molar-refractivity contribution in [2.75, 3.05) is 26.2 Å². The van der Waals surface area contributed by atoms with Crippen LogP contribution in [-0.4, -0.2) is 56.5 Å². The van der Waals surface area contributed by atoms with Gasteiger partial charge >= 0.3 is 0 Å². The molecule has 0 amide bonds. The summed E-state index contributed by atoms with van der Waals surface area (Å²) in [4.78, 5) is 2.64. The molecule has 0 aromatic heterocycles. The highest BCUT2D eigenvalue weighted by molar-refractivity contribution is 7.90. The number of ether oxygens (including phenoxy) is 1. The Bertz CT molecular complexity index is 614. The van der Waals surface area contributed by atoms with Gasteiger partial charge in [-0.1, -0.05) is 19.3 Å². The van der Waals surface area contributed by atoms with Gasteiger partial charge in [0.25, 0.3) is 0 Å². The summed E-state index contributed by atoms with van der Waals surface area (Å²) in [6, 6.07) is 0. The van der Waals surface area contributed by atoms with Crippen LogP contribution in [0, 0.1) is 17.8 Å².